The van der Waals surface area contributed by atoms with E-state index in [0.29, 0.717) is 0 Å². The van der Waals surface area contributed by atoms with Gasteiger partial charge in [0.05, 0.1) is 11.0 Å². The van der Waals surface area contributed by atoms with Crippen molar-refractivity contribution in [3.8, 4) is 5.75 Å². The van der Waals surface area contributed by atoms with Crippen LogP contribution in [0.5, 0.6) is 5.75 Å². The zero-order valence-corrected chi connectivity index (χ0v) is 11.3. The third-order valence-corrected chi connectivity index (χ3v) is 3.70. The molecule has 3 nitrogen and oxygen atoms in total. The molecule has 2 heterocycles. The van der Waals surface area contributed by atoms with Crippen molar-refractivity contribution in [3.05, 3.63) is 72.9 Å². The van der Waals surface area contributed by atoms with Crippen LogP contribution in [0.2, 0.25) is 0 Å². The van der Waals surface area contributed by atoms with Gasteiger partial charge in [-0.1, -0.05) is 30.3 Å². The van der Waals surface area contributed by atoms with Gasteiger partial charge in [0.25, 0.3) is 0 Å². The molecule has 0 atom stereocenters. The Balaban J connectivity index is 2.02. The second-order valence-corrected chi connectivity index (χ2v) is 5.00. The van der Waals surface area contributed by atoms with Crippen molar-refractivity contribution >= 4 is 27.8 Å². The minimum atomic E-state index is 0.278. The maximum absolute atomic E-state index is 10.7. The monoisotopic (exact) mass is 274 g/mol. The molecule has 0 bridgehead atoms. The molecule has 0 aliphatic heterocycles. The van der Waals surface area contributed by atoms with E-state index in [1.807, 2.05) is 72.9 Å². The first kappa shape index (κ1) is 11.9. The largest absolute Gasteiger partial charge is 0.505 e. The summed E-state index contributed by atoms with van der Waals surface area (Å²) in [6, 6.07) is 21.7. The van der Waals surface area contributed by atoms with Crippen LogP contribution in [0.1, 0.15) is 0 Å². The highest BCUT2D eigenvalue weighted by Gasteiger charge is 2.13. The van der Waals surface area contributed by atoms with Crippen LogP contribution >= 0.6 is 0 Å². The van der Waals surface area contributed by atoms with E-state index in [0.717, 1.165) is 27.8 Å². The quantitative estimate of drug-likeness (QED) is 0.563. The SMILES string of the molecule is Oc1c(Nc2ccccc2)c2cccn2c2ccccc12. The number of hydrogen-bond acceptors (Lipinski definition) is 2. The number of nitrogens with zero attached hydrogens (tertiary/aromatic N) is 1. The summed E-state index contributed by atoms with van der Waals surface area (Å²) in [5.74, 6) is 0.278. The second-order valence-electron chi connectivity index (χ2n) is 5.00. The number of para-hydroxylation sites is 2. The highest BCUT2D eigenvalue weighted by molar-refractivity contribution is 5.99. The molecule has 0 radical (unpaired) electrons. The Hall–Kier alpha value is -2.94. The Morgan fingerprint density at radius 1 is 0.762 bits per heavy atom. The molecule has 0 spiro atoms. The summed E-state index contributed by atoms with van der Waals surface area (Å²) in [6.07, 6.45) is 2.01. The van der Waals surface area contributed by atoms with Crippen molar-refractivity contribution in [2.24, 2.45) is 0 Å². The van der Waals surface area contributed by atoms with Gasteiger partial charge in [0.15, 0.2) is 5.75 Å². The van der Waals surface area contributed by atoms with Gasteiger partial charge in [-0.05, 0) is 36.4 Å². The summed E-state index contributed by atoms with van der Waals surface area (Å²) in [6.45, 7) is 0. The van der Waals surface area contributed by atoms with Crippen molar-refractivity contribution in [1.82, 2.24) is 4.40 Å². The molecule has 0 saturated carbocycles. The van der Waals surface area contributed by atoms with E-state index >= 15 is 0 Å². The molecule has 2 aromatic carbocycles. The van der Waals surface area contributed by atoms with E-state index in [-0.39, 0.29) is 5.75 Å². The number of pyridine rings is 1. The molecular formula is C18H14N2O. The Morgan fingerprint density at radius 2 is 1.48 bits per heavy atom. The molecule has 0 unspecified atom stereocenters. The van der Waals surface area contributed by atoms with Gasteiger partial charge in [-0.2, -0.15) is 0 Å². The van der Waals surface area contributed by atoms with Gasteiger partial charge >= 0.3 is 0 Å². The maximum atomic E-state index is 10.7. The highest BCUT2D eigenvalue weighted by Crippen LogP contribution is 2.38. The third-order valence-electron chi connectivity index (χ3n) is 3.70. The molecule has 102 valence electrons. The van der Waals surface area contributed by atoms with E-state index in [2.05, 4.69) is 9.72 Å². The lowest BCUT2D eigenvalue weighted by Gasteiger charge is -2.14. The molecule has 0 aliphatic rings. The van der Waals surface area contributed by atoms with Gasteiger partial charge in [-0.15, -0.1) is 0 Å². The standard InChI is InChI=1S/C18H14N2O/c21-18-14-9-4-5-10-15(14)20-12-6-11-16(20)17(18)19-13-7-2-1-3-8-13/h1-12,19,21H. The molecule has 0 amide bonds. The van der Waals surface area contributed by atoms with E-state index < -0.39 is 0 Å². The molecule has 0 saturated heterocycles. The fraction of sp³-hybridized carbons (Fsp3) is 0. The number of anilines is 2. The summed E-state index contributed by atoms with van der Waals surface area (Å²) in [7, 11) is 0. The fourth-order valence-electron chi connectivity index (χ4n) is 2.72. The zero-order valence-electron chi connectivity index (χ0n) is 11.3. The molecule has 2 N–H and O–H groups in total. The van der Waals surface area contributed by atoms with E-state index in [1.54, 1.807) is 0 Å². The molecule has 0 fully saturated rings. The van der Waals surface area contributed by atoms with Crippen LogP contribution in [-0.2, 0) is 0 Å². The third kappa shape index (κ3) is 1.82. The van der Waals surface area contributed by atoms with Crippen LogP contribution < -0.4 is 5.32 Å². The number of hydrogen-bond donors (Lipinski definition) is 2. The lowest BCUT2D eigenvalue weighted by molar-refractivity contribution is 0.484. The predicted octanol–water partition coefficient (Wildman–Crippen LogP) is 4.54. The molecule has 21 heavy (non-hydrogen) atoms. The lowest BCUT2D eigenvalue weighted by Crippen LogP contribution is -1.96. The fourth-order valence-corrected chi connectivity index (χ4v) is 2.72. The summed E-state index contributed by atoms with van der Waals surface area (Å²) < 4.78 is 2.08. The number of rotatable bonds is 2. The van der Waals surface area contributed by atoms with Gasteiger partial charge in [-0.25, -0.2) is 0 Å². The molecule has 4 rings (SSSR count). The lowest BCUT2D eigenvalue weighted by atomic mass is 10.1. The van der Waals surface area contributed by atoms with Gasteiger partial charge in [0.2, 0.25) is 0 Å². The number of fused-ring (bicyclic) bond motifs is 3. The first-order valence-electron chi connectivity index (χ1n) is 6.87. The summed E-state index contributed by atoms with van der Waals surface area (Å²) in [4.78, 5) is 0. The molecule has 2 aromatic heterocycles. The first-order chi connectivity index (χ1) is 10.3. The Bertz CT molecular complexity index is 926. The van der Waals surface area contributed by atoms with Crippen LogP contribution in [0.25, 0.3) is 16.4 Å². The Kier molecular flexibility index (Phi) is 2.57. The molecule has 4 aromatic rings. The van der Waals surface area contributed by atoms with E-state index in [9.17, 15) is 5.11 Å². The van der Waals surface area contributed by atoms with Crippen molar-refractivity contribution in [2.75, 3.05) is 5.32 Å². The van der Waals surface area contributed by atoms with Gasteiger partial charge in [0, 0.05) is 17.3 Å². The van der Waals surface area contributed by atoms with Crippen LogP contribution in [0.15, 0.2) is 72.9 Å². The second kappa shape index (κ2) is 4.56. The Labute approximate surface area is 122 Å². The van der Waals surface area contributed by atoms with Crippen LogP contribution in [0.3, 0.4) is 0 Å². The normalized spacial score (nSPS) is 11.0. The van der Waals surface area contributed by atoms with Gasteiger partial charge < -0.3 is 14.8 Å². The van der Waals surface area contributed by atoms with E-state index in [1.165, 1.54) is 0 Å². The topological polar surface area (TPSA) is 36.7 Å². The number of aromatic nitrogens is 1. The average molecular weight is 274 g/mol. The van der Waals surface area contributed by atoms with Gasteiger partial charge in [-0.3, -0.25) is 0 Å². The molecule has 0 aliphatic carbocycles. The van der Waals surface area contributed by atoms with Gasteiger partial charge in [0.1, 0.15) is 5.69 Å². The first-order valence-corrected chi connectivity index (χ1v) is 6.87. The Morgan fingerprint density at radius 3 is 2.33 bits per heavy atom. The van der Waals surface area contributed by atoms with E-state index in [4.69, 9.17) is 0 Å². The van der Waals surface area contributed by atoms with Crippen molar-refractivity contribution in [3.63, 3.8) is 0 Å². The summed E-state index contributed by atoms with van der Waals surface area (Å²) in [5, 5.41) is 14.8. The maximum Gasteiger partial charge on any atom is 0.150 e. The number of nitrogens with one attached hydrogen (secondary N) is 1. The molecular weight excluding hydrogens is 260 g/mol. The minimum Gasteiger partial charge on any atom is -0.505 e. The predicted molar refractivity (Wildman–Crippen MR) is 86.3 cm³/mol. The minimum absolute atomic E-state index is 0.278. The van der Waals surface area contributed by atoms with Crippen LogP contribution in [-0.4, -0.2) is 9.51 Å². The van der Waals surface area contributed by atoms with Crippen LogP contribution in [0, 0.1) is 0 Å². The summed E-state index contributed by atoms with van der Waals surface area (Å²) in [5.41, 5.74) is 3.62. The zero-order chi connectivity index (χ0) is 14.2. The average Bonchev–Trinajstić information content (AvgIpc) is 3.02. The number of aromatic hydroxyl groups is 1. The van der Waals surface area contributed by atoms with Crippen molar-refractivity contribution in [1.29, 1.82) is 0 Å². The van der Waals surface area contributed by atoms with Crippen molar-refractivity contribution < 1.29 is 5.11 Å². The molecule has 3 heteroatoms. The van der Waals surface area contributed by atoms with Crippen molar-refractivity contribution in [2.45, 2.75) is 0 Å². The summed E-state index contributed by atoms with van der Waals surface area (Å²) >= 11 is 0. The highest BCUT2D eigenvalue weighted by atomic mass is 16.3. The van der Waals surface area contributed by atoms with Crippen LogP contribution in [0.4, 0.5) is 11.4 Å². The number of benzene rings is 2. The smallest absolute Gasteiger partial charge is 0.150 e.